The molecule has 0 saturated carbocycles. The van der Waals surface area contributed by atoms with Gasteiger partial charge in [0, 0.05) is 13.6 Å². The van der Waals surface area contributed by atoms with Gasteiger partial charge in [0.2, 0.25) is 0 Å². The molecule has 2 N–H and O–H groups in total. The van der Waals surface area contributed by atoms with Crippen LogP contribution in [0.2, 0.25) is 0 Å². The summed E-state index contributed by atoms with van der Waals surface area (Å²) in [4.78, 5) is 4.75. The van der Waals surface area contributed by atoms with Crippen LogP contribution in [0.3, 0.4) is 0 Å². The fourth-order valence-electron chi connectivity index (χ4n) is 2.95. The minimum atomic E-state index is 0. The number of guanidine groups is 1. The topological polar surface area (TPSA) is 67.1 Å². The van der Waals surface area contributed by atoms with Crippen molar-refractivity contribution in [3.8, 4) is 0 Å². The molecule has 6 nitrogen and oxygen atoms in total. The minimum absolute atomic E-state index is 0. The summed E-state index contributed by atoms with van der Waals surface area (Å²) < 4.78 is 1.98. The molecule has 0 radical (unpaired) electrons. The molecular weight excluding hydrogens is 475 g/mol. The van der Waals surface area contributed by atoms with Gasteiger partial charge in [0.05, 0.1) is 13.1 Å². The van der Waals surface area contributed by atoms with Gasteiger partial charge in [-0.05, 0) is 30.0 Å². The number of aliphatic imine (C=N–C) groups is 1. The molecular formula is C22H29IN6. The van der Waals surface area contributed by atoms with E-state index in [1.807, 2.05) is 36.7 Å². The lowest BCUT2D eigenvalue weighted by Gasteiger charge is -2.14. The highest BCUT2D eigenvalue weighted by Gasteiger charge is 2.07. The lowest BCUT2D eigenvalue weighted by Crippen LogP contribution is -2.37. The zero-order chi connectivity index (χ0) is 19.8. The van der Waals surface area contributed by atoms with E-state index in [9.17, 15) is 0 Å². The van der Waals surface area contributed by atoms with E-state index >= 15 is 0 Å². The summed E-state index contributed by atoms with van der Waals surface area (Å²) >= 11 is 0. The van der Waals surface area contributed by atoms with Crippen LogP contribution in [-0.2, 0) is 33.1 Å². The van der Waals surface area contributed by atoms with E-state index in [0.29, 0.717) is 13.1 Å². The van der Waals surface area contributed by atoms with Crippen molar-refractivity contribution in [3.63, 3.8) is 0 Å². The van der Waals surface area contributed by atoms with E-state index in [-0.39, 0.29) is 24.0 Å². The first kappa shape index (κ1) is 22.9. The van der Waals surface area contributed by atoms with Gasteiger partial charge in [0.1, 0.15) is 5.82 Å². The Bertz CT molecular complexity index is 920. The average Bonchev–Trinajstić information content (AvgIpc) is 3.06. The second-order valence-electron chi connectivity index (χ2n) is 6.70. The SMILES string of the molecule is CCc1ccccc1CNC(=NCc1ccccc1)NCc1nnc(C)n1C.I. The summed E-state index contributed by atoms with van der Waals surface area (Å²) in [5.41, 5.74) is 3.81. The minimum Gasteiger partial charge on any atom is -0.352 e. The van der Waals surface area contributed by atoms with Crippen molar-refractivity contribution in [2.24, 2.45) is 12.0 Å². The zero-order valence-corrected chi connectivity index (χ0v) is 19.6. The molecule has 0 atom stereocenters. The van der Waals surface area contributed by atoms with Gasteiger partial charge in [-0.25, -0.2) is 4.99 Å². The van der Waals surface area contributed by atoms with Crippen molar-refractivity contribution >= 4 is 29.9 Å². The number of aromatic nitrogens is 3. The van der Waals surface area contributed by atoms with E-state index in [4.69, 9.17) is 4.99 Å². The first-order valence-corrected chi connectivity index (χ1v) is 9.65. The number of nitrogens with zero attached hydrogens (tertiary/aromatic N) is 4. The van der Waals surface area contributed by atoms with Gasteiger partial charge in [0.25, 0.3) is 0 Å². The number of hydrogen-bond acceptors (Lipinski definition) is 3. The summed E-state index contributed by atoms with van der Waals surface area (Å²) in [6.45, 7) is 6.03. The lowest BCUT2D eigenvalue weighted by molar-refractivity contribution is 0.713. The standard InChI is InChI=1S/C22H28N6.HI/c1-4-19-12-8-9-13-20(19)15-24-22(23-14-18-10-6-5-7-11-18)25-16-21-27-26-17(2)28(21)3;/h5-13H,4,14-16H2,1-3H3,(H2,23,24,25);1H. The maximum atomic E-state index is 4.75. The van der Waals surface area contributed by atoms with E-state index < -0.39 is 0 Å². The number of rotatable bonds is 7. The first-order chi connectivity index (χ1) is 13.7. The molecule has 3 aromatic rings. The van der Waals surface area contributed by atoms with E-state index in [1.54, 1.807) is 0 Å². The Balaban J connectivity index is 0.00000300. The molecule has 29 heavy (non-hydrogen) atoms. The largest absolute Gasteiger partial charge is 0.352 e. The number of benzene rings is 2. The van der Waals surface area contributed by atoms with Crippen molar-refractivity contribution in [1.82, 2.24) is 25.4 Å². The summed E-state index contributed by atoms with van der Waals surface area (Å²) in [5, 5.41) is 15.2. The van der Waals surface area contributed by atoms with Crippen LogP contribution in [0.4, 0.5) is 0 Å². The molecule has 0 saturated heterocycles. The second kappa shape index (κ2) is 11.5. The third kappa shape index (κ3) is 6.56. The van der Waals surface area contributed by atoms with Gasteiger partial charge in [-0.1, -0.05) is 61.5 Å². The van der Waals surface area contributed by atoms with Crippen molar-refractivity contribution in [2.45, 2.75) is 39.9 Å². The maximum Gasteiger partial charge on any atom is 0.192 e. The van der Waals surface area contributed by atoms with Crippen LogP contribution in [0.15, 0.2) is 59.6 Å². The van der Waals surface area contributed by atoms with E-state index in [0.717, 1.165) is 30.6 Å². The molecule has 1 aromatic heterocycles. The third-order valence-corrected chi connectivity index (χ3v) is 4.80. The van der Waals surface area contributed by atoms with Crippen molar-refractivity contribution in [1.29, 1.82) is 0 Å². The summed E-state index contributed by atoms with van der Waals surface area (Å²) in [6.07, 6.45) is 1.01. The van der Waals surface area contributed by atoms with Crippen molar-refractivity contribution in [3.05, 3.63) is 82.9 Å². The molecule has 3 rings (SSSR count). The van der Waals surface area contributed by atoms with Crippen LogP contribution >= 0.6 is 24.0 Å². The highest BCUT2D eigenvalue weighted by atomic mass is 127. The van der Waals surface area contributed by atoms with Gasteiger partial charge >= 0.3 is 0 Å². The Morgan fingerprint density at radius 1 is 0.931 bits per heavy atom. The Labute approximate surface area is 189 Å². The smallest absolute Gasteiger partial charge is 0.192 e. The highest BCUT2D eigenvalue weighted by Crippen LogP contribution is 2.09. The maximum absolute atomic E-state index is 4.75. The monoisotopic (exact) mass is 504 g/mol. The molecule has 0 aliphatic carbocycles. The Hall–Kier alpha value is -2.42. The van der Waals surface area contributed by atoms with Gasteiger partial charge in [-0.2, -0.15) is 0 Å². The predicted molar refractivity (Wildman–Crippen MR) is 128 cm³/mol. The van der Waals surface area contributed by atoms with Gasteiger partial charge in [-0.15, -0.1) is 34.2 Å². The Kier molecular flexibility index (Phi) is 9.11. The molecule has 2 aromatic carbocycles. The van der Waals surface area contributed by atoms with Crippen LogP contribution < -0.4 is 10.6 Å². The van der Waals surface area contributed by atoms with E-state index in [1.165, 1.54) is 16.7 Å². The molecule has 0 bridgehead atoms. The Morgan fingerprint density at radius 3 is 2.24 bits per heavy atom. The number of halogens is 1. The van der Waals surface area contributed by atoms with Crippen LogP contribution in [0.1, 0.15) is 35.3 Å². The zero-order valence-electron chi connectivity index (χ0n) is 17.2. The molecule has 1 heterocycles. The quantitative estimate of drug-likeness (QED) is 0.292. The summed E-state index contributed by atoms with van der Waals surface area (Å²) in [6, 6.07) is 18.7. The fraction of sp³-hybridized carbons (Fsp3) is 0.318. The van der Waals surface area contributed by atoms with Gasteiger partial charge in [-0.3, -0.25) is 0 Å². The number of hydrogen-bond donors (Lipinski definition) is 2. The van der Waals surface area contributed by atoms with Crippen LogP contribution in [-0.4, -0.2) is 20.7 Å². The second-order valence-corrected chi connectivity index (χ2v) is 6.70. The van der Waals surface area contributed by atoms with Gasteiger partial charge < -0.3 is 15.2 Å². The van der Waals surface area contributed by atoms with Gasteiger partial charge in [0.15, 0.2) is 11.8 Å². The summed E-state index contributed by atoms with van der Waals surface area (Å²) in [7, 11) is 1.97. The summed E-state index contributed by atoms with van der Waals surface area (Å²) in [5.74, 6) is 2.53. The molecule has 0 fully saturated rings. The molecule has 0 amide bonds. The number of aryl methyl sites for hydroxylation is 2. The lowest BCUT2D eigenvalue weighted by atomic mass is 10.1. The average molecular weight is 504 g/mol. The first-order valence-electron chi connectivity index (χ1n) is 9.65. The molecule has 0 spiro atoms. The third-order valence-electron chi connectivity index (χ3n) is 4.80. The molecule has 7 heteroatoms. The highest BCUT2D eigenvalue weighted by molar-refractivity contribution is 14.0. The molecule has 0 unspecified atom stereocenters. The normalized spacial score (nSPS) is 11.1. The Morgan fingerprint density at radius 2 is 1.59 bits per heavy atom. The van der Waals surface area contributed by atoms with Crippen LogP contribution in [0.25, 0.3) is 0 Å². The predicted octanol–water partition coefficient (Wildman–Crippen LogP) is 3.74. The fourth-order valence-corrected chi connectivity index (χ4v) is 2.95. The van der Waals surface area contributed by atoms with Crippen molar-refractivity contribution in [2.75, 3.05) is 0 Å². The van der Waals surface area contributed by atoms with Crippen molar-refractivity contribution < 1.29 is 0 Å². The van der Waals surface area contributed by atoms with Crippen LogP contribution in [0, 0.1) is 6.92 Å². The molecule has 0 aliphatic heterocycles. The molecule has 154 valence electrons. The number of nitrogens with one attached hydrogen (secondary N) is 2. The molecule has 0 aliphatic rings. The van der Waals surface area contributed by atoms with Crippen LogP contribution in [0.5, 0.6) is 0 Å². The van der Waals surface area contributed by atoms with E-state index in [2.05, 4.69) is 64.2 Å².